The third-order valence-electron chi connectivity index (χ3n) is 3.46. The van der Waals surface area contributed by atoms with Crippen molar-refractivity contribution in [3.63, 3.8) is 0 Å². The van der Waals surface area contributed by atoms with Crippen LogP contribution < -0.4 is 14.8 Å². The highest BCUT2D eigenvalue weighted by atomic mass is 79.9. The lowest BCUT2D eigenvalue weighted by Gasteiger charge is -2.13. The summed E-state index contributed by atoms with van der Waals surface area (Å²) in [6, 6.07) is 10.8. The molecule has 0 bridgehead atoms. The Morgan fingerprint density at radius 2 is 2.04 bits per heavy atom. The van der Waals surface area contributed by atoms with Crippen molar-refractivity contribution in [3.8, 4) is 29.9 Å². The molecule has 2 rings (SSSR count). The minimum absolute atomic E-state index is 0.0132. The van der Waals surface area contributed by atoms with Crippen LogP contribution in [-0.4, -0.2) is 19.1 Å². The van der Waals surface area contributed by atoms with Gasteiger partial charge in [0.05, 0.1) is 12.3 Å². The topological polar surface area (TPSA) is 71.3 Å². The van der Waals surface area contributed by atoms with Gasteiger partial charge in [0, 0.05) is 4.47 Å². The van der Waals surface area contributed by atoms with Crippen LogP contribution in [0.4, 0.5) is 10.1 Å². The van der Waals surface area contributed by atoms with Crippen molar-refractivity contribution < 1.29 is 18.7 Å². The van der Waals surface area contributed by atoms with Crippen LogP contribution in [0.15, 0.2) is 46.4 Å². The Morgan fingerprint density at radius 1 is 1.32 bits per heavy atom. The number of para-hydroxylation sites is 1. The molecule has 7 heteroatoms. The molecule has 0 aliphatic carbocycles. The SMILES string of the molecule is C#CCOc1cc(Br)c(/C=C(/C#N)C(=O)Nc2ccccc2F)cc1OCC. The minimum atomic E-state index is -0.731. The summed E-state index contributed by atoms with van der Waals surface area (Å²) in [5, 5.41) is 11.8. The molecule has 0 saturated heterocycles. The highest BCUT2D eigenvalue weighted by Crippen LogP contribution is 2.35. The molecular weight excluding hydrogens is 427 g/mol. The Bertz CT molecular complexity index is 990. The van der Waals surface area contributed by atoms with Gasteiger partial charge in [0.15, 0.2) is 11.5 Å². The van der Waals surface area contributed by atoms with Crippen molar-refractivity contribution in [3.05, 3.63) is 57.8 Å². The Hall–Kier alpha value is -3.29. The van der Waals surface area contributed by atoms with E-state index in [-0.39, 0.29) is 17.9 Å². The van der Waals surface area contributed by atoms with E-state index in [0.29, 0.717) is 28.1 Å². The van der Waals surface area contributed by atoms with Gasteiger partial charge < -0.3 is 14.8 Å². The van der Waals surface area contributed by atoms with E-state index in [4.69, 9.17) is 15.9 Å². The van der Waals surface area contributed by atoms with E-state index in [0.717, 1.165) is 0 Å². The number of rotatable bonds is 7. The van der Waals surface area contributed by atoms with Crippen molar-refractivity contribution in [1.29, 1.82) is 5.26 Å². The molecule has 28 heavy (non-hydrogen) atoms. The van der Waals surface area contributed by atoms with E-state index in [1.807, 2.05) is 13.0 Å². The number of hydrogen-bond acceptors (Lipinski definition) is 4. The lowest BCUT2D eigenvalue weighted by Crippen LogP contribution is -2.14. The quantitative estimate of drug-likeness (QED) is 0.388. The molecule has 0 spiro atoms. The third kappa shape index (κ3) is 5.35. The number of benzene rings is 2. The molecule has 0 aliphatic rings. The van der Waals surface area contributed by atoms with Gasteiger partial charge in [-0.3, -0.25) is 4.79 Å². The number of terminal acetylenes is 1. The maximum Gasteiger partial charge on any atom is 0.266 e. The number of halogens is 2. The van der Waals surface area contributed by atoms with Crippen molar-refractivity contribution in [1.82, 2.24) is 0 Å². The van der Waals surface area contributed by atoms with Gasteiger partial charge >= 0.3 is 0 Å². The molecule has 142 valence electrons. The zero-order valence-electron chi connectivity index (χ0n) is 15.0. The van der Waals surface area contributed by atoms with Crippen LogP contribution in [0.5, 0.6) is 11.5 Å². The maximum atomic E-state index is 13.7. The van der Waals surface area contributed by atoms with Crippen molar-refractivity contribution >= 4 is 33.6 Å². The van der Waals surface area contributed by atoms with Crippen LogP contribution in [0, 0.1) is 29.5 Å². The van der Waals surface area contributed by atoms with E-state index < -0.39 is 11.7 Å². The first-order valence-corrected chi connectivity index (χ1v) is 8.99. The highest BCUT2D eigenvalue weighted by Gasteiger charge is 2.15. The second kappa shape index (κ2) is 10.1. The lowest BCUT2D eigenvalue weighted by molar-refractivity contribution is -0.112. The number of anilines is 1. The first kappa shape index (κ1) is 21.0. The van der Waals surface area contributed by atoms with Crippen LogP contribution in [0.1, 0.15) is 12.5 Å². The number of nitrogens with zero attached hydrogens (tertiary/aromatic N) is 1. The number of ether oxygens (including phenoxy) is 2. The van der Waals surface area contributed by atoms with Gasteiger partial charge in [-0.2, -0.15) is 5.26 Å². The molecule has 5 nitrogen and oxygen atoms in total. The van der Waals surface area contributed by atoms with Gasteiger partial charge in [-0.1, -0.05) is 34.0 Å². The van der Waals surface area contributed by atoms with Gasteiger partial charge in [-0.25, -0.2) is 4.39 Å². The monoisotopic (exact) mass is 442 g/mol. The van der Waals surface area contributed by atoms with E-state index in [9.17, 15) is 14.4 Å². The number of nitrogens with one attached hydrogen (secondary N) is 1. The average molecular weight is 443 g/mol. The molecule has 0 aliphatic heterocycles. The molecule has 1 N–H and O–H groups in total. The molecule has 0 radical (unpaired) electrons. The van der Waals surface area contributed by atoms with E-state index in [1.54, 1.807) is 18.2 Å². The summed E-state index contributed by atoms with van der Waals surface area (Å²) < 4.78 is 25.3. The van der Waals surface area contributed by atoms with Crippen molar-refractivity contribution in [2.24, 2.45) is 0 Å². The molecule has 0 saturated carbocycles. The van der Waals surface area contributed by atoms with Crippen LogP contribution in [0.25, 0.3) is 6.08 Å². The summed E-state index contributed by atoms with van der Waals surface area (Å²) in [7, 11) is 0. The first-order valence-electron chi connectivity index (χ1n) is 8.20. The van der Waals surface area contributed by atoms with Crippen LogP contribution in [-0.2, 0) is 4.79 Å². The predicted octanol–water partition coefficient (Wildman–Crippen LogP) is 4.54. The second-order valence-corrected chi connectivity index (χ2v) is 6.20. The van der Waals surface area contributed by atoms with Gasteiger partial charge in [-0.15, -0.1) is 6.42 Å². The largest absolute Gasteiger partial charge is 0.490 e. The fourth-order valence-electron chi connectivity index (χ4n) is 2.22. The maximum absolute atomic E-state index is 13.7. The summed E-state index contributed by atoms with van der Waals surface area (Å²) in [6.45, 7) is 2.26. The second-order valence-electron chi connectivity index (χ2n) is 5.35. The number of hydrogen-bond donors (Lipinski definition) is 1. The van der Waals surface area contributed by atoms with E-state index in [1.165, 1.54) is 24.3 Å². The van der Waals surface area contributed by atoms with E-state index in [2.05, 4.69) is 27.2 Å². The van der Waals surface area contributed by atoms with Crippen molar-refractivity contribution in [2.75, 3.05) is 18.5 Å². The van der Waals surface area contributed by atoms with Gasteiger partial charge in [0.1, 0.15) is 24.1 Å². The molecule has 1 amide bonds. The summed E-state index contributed by atoms with van der Waals surface area (Å²) in [6.07, 6.45) is 6.58. The standard InChI is InChI=1S/C21H16BrFN2O3/c1-3-9-28-20-12-16(22)14(11-19(20)27-4-2)10-15(13-24)21(26)25-18-8-6-5-7-17(18)23/h1,5-8,10-12H,4,9H2,2H3,(H,25,26)/b15-10-. The smallest absolute Gasteiger partial charge is 0.266 e. The van der Waals surface area contributed by atoms with Crippen LogP contribution in [0.3, 0.4) is 0 Å². The molecule has 0 fully saturated rings. The normalized spacial score (nSPS) is 10.5. The van der Waals surface area contributed by atoms with Crippen molar-refractivity contribution in [2.45, 2.75) is 6.92 Å². The van der Waals surface area contributed by atoms with Crippen LogP contribution in [0.2, 0.25) is 0 Å². The molecular formula is C21H16BrFN2O3. The van der Waals surface area contributed by atoms with E-state index >= 15 is 0 Å². The average Bonchev–Trinajstić information content (AvgIpc) is 2.68. The number of carbonyl (C=O) groups is 1. The van der Waals surface area contributed by atoms with Gasteiger partial charge in [0.25, 0.3) is 5.91 Å². The zero-order chi connectivity index (χ0) is 20.5. The molecule has 2 aromatic rings. The van der Waals surface area contributed by atoms with Crippen LogP contribution >= 0.6 is 15.9 Å². The first-order chi connectivity index (χ1) is 13.5. The highest BCUT2D eigenvalue weighted by molar-refractivity contribution is 9.10. The fraction of sp³-hybridized carbons (Fsp3) is 0.143. The summed E-state index contributed by atoms with van der Waals surface area (Å²) in [5.41, 5.74) is 0.293. The van der Waals surface area contributed by atoms with Gasteiger partial charge in [-0.05, 0) is 42.8 Å². The Morgan fingerprint density at radius 3 is 2.68 bits per heavy atom. The summed E-state index contributed by atoms with van der Waals surface area (Å²) in [5.74, 6) is 1.89. The molecule has 0 aromatic heterocycles. The molecule has 0 unspecified atom stereocenters. The molecule has 0 atom stereocenters. The summed E-state index contributed by atoms with van der Waals surface area (Å²) in [4.78, 5) is 12.4. The summed E-state index contributed by atoms with van der Waals surface area (Å²) >= 11 is 3.38. The van der Waals surface area contributed by atoms with Gasteiger partial charge in [0.2, 0.25) is 0 Å². The molecule has 0 heterocycles. The third-order valence-corrected chi connectivity index (χ3v) is 4.15. The molecule has 2 aromatic carbocycles. The fourth-order valence-corrected chi connectivity index (χ4v) is 2.66. The predicted molar refractivity (Wildman–Crippen MR) is 108 cm³/mol. The Balaban J connectivity index is 2.36. The number of carbonyl (C=O) groups excluding carboxylic acids is 1. The number of amides is 1. The Kier molecular flexibility index (Phi) is 7.62. The lowest BCUT2D eigenvalue weighted by atomic mass is 10.1. The number of nitriles is 1. The zero-order valence-corrected chi connectivity index (χ0v) is 16.5. The minimum Gasteiger partial charge on any atom is -0.490 e. The Labute approximate surface area is 170 Å².